The third-order valence-electron chi connectivity index (χ3n) is 5.64. The van der Waals surface area contributed by atoms with Crippen LogP contribution in [0.3, 0.4) is 0 Å². The van der Waals surface area contributed by atoms with Crippen LogP contribution in [0, 0.1) is 5.92 Å². The zero-order valence-electron chi connectivity index (χ0n) is 21.2. The number of thiocarbonyl (C=S) groups is 1. The van der Waals surface area contributed by atoms with Gasteiger partial charge in [-0.1, -0.05) is 48.1 Å². The fraction of sp³-hybridized carbons (Fsp3) is 0.357. The number of nitrogens with zero attached hydrogens (tertiary/aromatic N) is 1. The molecule has 0 amide bonds. The standard InChI is InChI=1S/C28H30ClNO4S3/c1-5-33-27(31)26-23(15-36-16-37-21-12-10-20(29)11-13-21)30-18(4)24(28(32)34-17(2)3)25(26)22-9-7-6-8-19(22)14-35/h6-14,17,24-25H,5,15-16H2,1-4H3. The summed E-state index contributed by atoms with van der Waals surface area (Å²) in [6, 6.07) is 15.2. The molecule has 0 saturated heterocycles. The van der Waals surface area contributed by atoms with Crippen LogP contribution in [0.15, 0.2) is 69.7 Å². The first-order valence-electron chi connectivity index (χ1n) is 11.9. The second kappa shape index (κ2) is 14.1. The summed E-state index contributed by atoms with van der Waals surface area (Å²) in [5.41, 5.74) is 3.14. The molecule has 2 aromatic rings. The number of halogens is 1. The first-order valence-corrected chi connectivity index (χ1v) is 14.9. The molecule has 0 aliphatic carbocycles. The van der Waals surface area contributed by atoms with Crippen molar-refractivity contribution in [2.45, 2.75) is 44.6 Å². The van der Waals surface area contributed by atoms with Gasteiger partial charge >= 0.3 is 11.9 Å². The van der Waals surface area contributed by atoms with Crippen LogP contribution >= 0.6 is 47.3 Å². The topological polar surface area (TPSA) is 65.0 Å². The number of ether oxygens (including phenoxy) is 2. The van der Waals surface area contributed by atoms with E-state index in [1.54, 1.807) is 49.7 Å². The minimum Gasteiger partial charge on any atom is -0.463 e. The number of aliphatic imine (C=N–C) groups is 1. The van der Waals surface area contributed by atoms with Crippen LogP contribution in [0.1, 0.15) is 44.7 Å². The van der Waals surface area contributed by atoms with E-state index in [2.05, 4.69) is 0 Å². The molecule has 0 saturated carbocycles. The number of benzene rings is 2. The molecule has 0 spiro atoms. The number of hydrogen-bond donors (Lipinski definition) is 0. The zero-order valence-corrected chi connectivity index (χ0v) is 24.4. The summed E-state index contributed by atoms with van der Waals surface area (Å²) in [6.07, 6.45) is -0.307. The Hall–Kier alpha value is -2.13. The van der Waals surface area contributed by atoms with E-state index in [-0.39, 0.29) is 12.7 Å². The number of hydrogen-bond acceptors (Lipinski definition) is 8. The van der Waals surface area contributed by atoms with Gasteiger partial charge in [0.05, 0.1) is 24.0 Å². The van der Waals surface area contributed by atoms with Crippen LogP contribution in [0.5, 0.6) is 0 Å². The molecule has 9 heteroatoms. The van der Waals surface area contributed by atoms with Gasteiger partial charge in [-0.05, 0) is 63.1 Å². The van der Waals surface area contributed by atoms with Crippen molar-refractivity contribution in [2.75, 3.05) is 17.4 Å². The van der Waals surface area contributed by atoms with Gasteiger partial charge < -0.3 is 9.47 Å². The summed E-state index contributed by atoms with van der Waals surface area (Å²) in [7, 11) is 0. The lowest BCUT2D eigenvalue weighted by molar-refractivity contribution is -0.150. The summed E-state index contributed by atoms with van der Waals surface area (Å²) in [4.78, 5) is 32.6. The van der Waals surface area contributed by atoms with Crippen molar-refractivity contribution in [2.24, 2.45) is 10.9 Å². The van der Waals surface area contributed by atoms with Crippen molar-refractivity contribution in [3.8, 4) is 0 Å². The van der Waals surface area contributed by atoms with Crippen LogP contribution in [-0.4, -0.2) is 46.6 Å². The summed E-state index contributed by atoms with van der Waals surface area (Å²) < 4.78 is 11.1. The third kappa shape index (κ3) is 7.69. The Morgan fingerprint density at radius 1 is 1.16 bits per heavy atom. The Morgan fingerprint density at radius 2 is 1.86 bits per heavy atom. The first kappa shape index (κ1) is 29.4. The van der Waals surface area contributed by atoms with E-state index in [0.717, 1.165) is 21.1 Å². The van der Waals surface area contributed by atoms with Gasteiger partial charge in [0.25, 0.3) is 0 Å². The van der Waals surface area contributed by atoms with Crippen LogP contribution in [0.4, 0.5) is 0 Å². The predicted octanol–water partition coefficient (Wildman–Crippen LogP) is 7.11. The second-order valence-electron chi connectivity index (χ2n) is 8.59. The smallest absolute Gasteiger partial charge is 0.336 e. The molecule has 0 N–H and O–H groups in total. The molecule has 2 unspecified atom stereocenters. The maximum absolute atomic E-state index is 13.4. The maximum atomic E-state index is 13.4. The van der Waals surface area contributed by atoms with Crippen molar-refractivity contribution in [3.63, 3.8) is 0 Å². The Morgan fingerprint density at radius 3 is 2.51 bits per heavy atom. The van der Waals surface area contributed by atoms with Crippen LogP contribution < -0.4 is 0 Å². The molecule has 1 aliphatic rings. The highest BCUT2D eigenvalue weighted by Gasteiger charge is 2.44. The minimum absolute atomic E-state index is 0.209. The number of esters is 2. The highest BCUT2D eigenvalue weighted by Crippen LogP contribution is 2.42. The predicted molar refractivity (Wildman–Crippen MR) is 158 cm³/mol. The lowest BCUT2D eigenvalue weighted by Gasteiger charge is -2.33. The molecule has 0 bridgehead atoms. The Balaban J connectivity index is 2.01. The average molecular weight is 576 g/mol. The third-order valence-corrected chi connectivity index (χ3v) is 8.36. The molecule has 3 rings (SSSR count). The molecule has 0 radical (unpaired) electrons. The van der Waals surface area contributed by atoms with Crippen molar-refractivity contribution >= 4 is 70.4 Å². The molecule has 5 nitrogen and oxygen atoms in total. The summed E-state index contributed by atoms with van der Waals surface area (Å²) >= 11 is 14.6. The number of rotatable bonds is 11. The van der Waals surface area contributed by atoms with E-state index < -0.39 is 23.8 Å². The summed E-state index contributed by atoms with van der Waals surface area (Å²) in [5.74, 6) is -1.82. The summed E-state index contributed by atoms with van der Waals surface area (Å²) in [6.45, 7) is 7.39. The van der Waals surface area contributed by atoms with Gasteiger partial charge in [0.2, 0.25) is 0 Å². The normalized spacial score (nSPS) is 17.4. The van der Waals surface area contributed by atoms with Gasteiger partial charge in [0.1, 0.15) is 5.92 Å². The molecular formula is C28H30ClNO4S3. The Kier molecular flexibility index (Phi) is 11.2. The van der Waals surface area contributed by atoms with E-state index in [1.807, 2.05) is 55.5 Å². The lowest BCUT2D eigenvalue weighted by atomic mass is 9.74. The fourth-order valence-corrected chi connectivity index (χ4v) is 6.41. The van der Waals surface area contributed by atoms with Crippen LogP contribution in [0.25, 0.3) is 0 Å². The zero-order chi connectivity index (χ0) is 26.9. The molecule has 37 heavy (non-hydrogen) atoms. The number of carbonyl (C=O) groups excluding carboxylic acids is 2. The number of thioether (sulfide) groups is 2. The Labute approximate surface area is 237 Å². The van der Waals surface area contributed by atoms with E-state index in [1.165, 1.54) is 0 Å². The second-order valence-corrected chi connectivity index (χ2v) is 11.7. The van der Waals surface area contributed by atoms with E-state index in [0.29, 0.717) is 27.8 Å². The van der Waals surface area contributed by atoms with E-state index in [9.17, 15) is 9.59 Å². The number of carbonyl (C=O) groups is 2. The molecule has 0 aromatic heterocycles. The molecule has 2 aromatic carbocycles. The van der Waals surface area contributed by atoms with Crippen molar-refractivity contribution < 1.29 is 19.1 Å². The molecule has 2 atom stereocenters. The Bertz CT molecular complexity index is 1190. The fourth-order valence-electron chi connectivity index (χ4n) is 4.12. The van der Waals surface area contributed by atoms with Gasteiger partial charge in [0, 0.05) is 37.8 Å². The highest BCUT2D eigenvalue weighted by molar-refractivity contribution is 8.16. The maximum Gasteiger partial charge on any atom is 0.336 e. The van der Waals surface area contributed by atoms with E-state index in [4.69, 9.17) is 38.3 Å². The largest absolute Gasteiger partial charge is 0.463 e. The highest BCUT2D eigenvalue weighted by atomic mass is 35.5. The molecule has 0 fully saturated rings. The minimum atomic E-state index is -0.768. The molecule has 1 heterocycles. The van der Waals surface area contributed by atoms with Crippen LogP contribution in [0.2, 0.25) is 5.02 Å². The van der Waals surface area contributed by atoms with Gasteiger partial charge in [-0.2, -0.15) is 0 Å². The SMILES string of the molecule is CCOC(=O)C1=C(CSCSc2ccc(Cl)cc2)N=C(C)C(C(=O)OC(C)C)C1c1ccccc1C=S. The van der Waals surface area contributed by atoms with Gasteiger partial charge in [-0.25, -0.2) is 4.79 Å². The summed E-state index contributed by atoms with van der Waals surface area (Å²) in [5, 5.41) is 3.01. The molecule has 196 valence electrons. The quantitative estimate of drug-likeness (QED) is 0.0929. The monoisotopic (exact) mass is 575 g/mol. The average Bonchev–Trinajstić information content (AvgIpc) is 2.86. The van der Waals surface area contributed by atoms with Crippen molar-refractivity contribution in [1.29, 1.82) is 0 Å². The molecular weight excluding hydrogens is 546 g/mol. The molecule has 1 aliphatic heterocycles. The van der Waals surface area contributed by atoms with E-state index >= 15 is 0 Å². The lowest BCUT2D eigenvalue weighted by Crippen LogP contribution is -2.38. The van der Waals surface area contributed by atoms with Crippen LogP contribution in [-0.2, 0) is 19.1 Å². The van der Waals surface area contributed by atoms with Gasteiger partial charge in [-0.3, -0.25) is 9.79 Å². The van der Waals surface area contributed by atoms with Crippen molar-refractivity contribution in [3.05, 3.63) is 76.0 Å². The first-order chi connectivity index (χ1) is 17.8. The van der Waals surface area contributed by atoms with Crippen molar-refractivity contribution in [1.82, 2.24) is 0 Å². The van der Waals surface area contributed by atoms with Gasteiger partial charge in [-0.15, -0.1) is 23.5 Å². The van der Waals surface area contributed by atoms with Gasteiger partial charge in [0.15, 0.2) is 0 Å².